The number of benzene rings is 7. The summed E-state index contributed by atoms with van der Waals surface area (Å²) in [6.07, 6.45) is 5.73. The number of hydrogen-bond acceptors (Lipinski definition) is 2. The van der Waals surface area contributed by atoms with Gasteiger partial charge >= 0.3 is 0 Å². The van der Waals surface area contributed by atoms with Crippen molar-refractivity contribution in [3.63, 3.8) is 0 Å². The molecule has 0 aliphatic heterocycles. The van der Waals surface area contributed by atoms with Gasteiger partial charge in [-0.2, -0.15) is 0 Å². The molecule has 1 atom stereocenters. The summed E-state index contributed by atoms with van der Waals surface area (Å²) < 4.78 is 0. The van der Waals surface area contributed by atoms with E-state index in [0.29, 0.717) is 0 Å². The maximum atomic E-state index is 5.32. The van der Waals surface area contributed by atoms with Crippen LogP contribution < -0.4 is 4.90 Å². The minimum Gasteiger partial charge on any atom is -0.310 e. The maximum absolute atomic E-state index is 5.32. The van der Waals surface area contributed by atoms with Crippen molar-refractivity contribution in [2.45, 2.75) is 31.6 Å². The van der Waals surface area contributed by atoms with Crippen molar-refractivity contribution in [2.75, 3.05) is 4.90 Å². The third-order valence-corrected chi connectivity index (χ3v) is 11.7. The molecule has 7 aromatic carbocycles. The first-order chi connectivity index (χ1) is 26.5. The van der Waals surface area contributed by atoms with Crippen LogP contribution in [-0.4, -0.2) is 4.98 Å². The first kappa shape index (κ1) is 32.2. The normalized spacial score (nSPS) is 15.7. The molecule has 0 spiro atoms. The Morgan fingerprint density at radius 3 is 1.93 bits per heavy atom. The van der Waals surface area contributed by atoms with Crippen LogP contribution in [0.1, 0.15) is 43.0 Å². The van der Waals surface area contributed by atoms with E-state index < -0.39 is 0 Å². The van der Waals surface area contributed by atoms with E-state index in [9.17, 15) is 0 Å². The van der Waals surface area contributed by atoms with E-state index >= 15 is 0 Å². The predicted octanol–water partition coefficient (Wildman–Crippen LogP) is 14.0. The molecule has 2 aliphatic carbocycles. The van der Waals surface area contributed by atoms with Crippen molar-refractivity contribution in [3.8, 4) is 22.3 Å². The van der Waals surface area contributed by atoms with Crippen molar-refractivity contribution >= 4 is 44.3 Å². The Kier molecular flexibility index (Phi) is 7.66. The van der Waals surface area contributed by atoms with E-state index in [1.165, 1.54) is 66.4 Å². The molecule has 0 bridgehead atoms. The Morgan fingerprint density at radius 2 is 1.15 bits per heavy atom. The molecule has 258 valence electrons. The van der Waals surface area contributed by atoms with Crippen LogP contribution in [-0.2, 0) is 5.41 Å². The van der Waals surface area contributed by atoms with Crippen LogP contribution in [0.4, 0.5) is 17.1 Å². The molecule has 1 aromatic heterocycles. The fourth-order valence-corrected chi connectivity index (χ4v) is 8.93. The highest BCUT2D eigenvalue weighted by Crippen LogP contribution is 2.54. The largest absolute Gasteiger partial charge is 0.310 e. The summed E-state index contributed by atoms with van der Waals surface area (Å²) in [5.74, 6) is 0.198. The number of rotatable bonds is 6. The number of fused-ring (bicyclic) bond motifs is 5. The zero-order valence-corrected chi connectivity index (χ0v) is 30.6. The van der Waals surface area contributed by atoms with Crippen molar-refractivity contribution in [2.24, 2.45) is 0 Å². The number of aromatic nitrogens is 1. The van der Waals surface area contributed by atoms with Crippen molar-refractivity contribution in [1.29, 1.82) is 0 Å². The van der Waals surface area contributed by atoms with Gasteiger partial charge in [-0.3, -0.25) is 4.98 Å². The second-order valence-electron chi connectivity index (χ2n) is 15.1. The topological polar surface area (TPSA) is 16.1 Å². The molecule has 1 heterocycles. The Labute approximate surface area is 317 Å². The number of anilines is 3. The minimum atomic E-state index is -0.155. The van der Waals surface area contributed by atoms with Crippen molar-refractivity contribution in [1.82, 2.24) is 4.98 Å². The molecule has 0 amide bonds. The number of hydrogen-bond donors (Lipinski definition) is 0. The molecule has 0 saturated carbocycles. The van der Waals surface area contributed by atoms with E-state index in [2.05, 4.69) is 207 Å². The predicted molar refractivity (Wildman–Crippen MR) is 228 cm³/mol. The zero-order valence-electron chi connectivity index (χ0n) is 30.6. The standard InChI is InChI=1S/C52H40N2/c1-52(2)47-33-38(51-46-22-10-9-20-42(46)45-21-11-13-23-49(45)53-51)27-31-43(47)44-32-30-40(34-48(44)52)54(39-28-25-36(26-29-39)35-15-5-3-6-16-35)50-24-14-12-19-41(50)37-17-7-4-8-18-37/h3-32,34,38H,33H2,1-2H3. The quantitative estimate of drug-likeness (QED) is 0.161. The molecule has 10 rings (SSSR count). The van der Waals surface area contributed by atoms with E-state index in [1.54, 1.807) is 0 Å². The van der Waals surface area contributed by atoms with E-state index in [-0.39, 0.29) is 11.3 Å². The Balaban J connectivity index is 1.06. The van der Waals surface area contributed by atoms with Gasteiger partial charge in [0.1, 0.15) is 0 Å². The summed E-state index contributed by atoms with van der Waals surface area (Å²) in [5.41, 5.74) is 15.9. The van der Waals surface area contributed by atoms with Gasteiger partial charge in [0.25, 0.3) is 0 Å². The van der Waals surface area contributed by atoms with Crippen LogP contribution in [0.2, 0.25) is 0 Å². The van der Waals surface area contributed by atoms with Crippen LogP contribution in [0.25, 0.3) is 49.5 Å². The van der Waals surface area contributed by atoms with Gasteiger partial charge in [-0.25, -0.2) is 0 Å². The van der Waals surface area contributed by atoms with Gasteiger partial charge in [-0.05, 0) is 81.6 Å². The fraction of sp³-hybridized carbons (Fsp3) is 0.0962. The molecular formula is C52H40N2. The monoisotopic (exact) mass is 692 g/mol. The lowest BCUT2D eigenvalue weighted by Gasteiger charge is -2.31. The third kappa shape index (κ3) is 5.29. The van der Waals surface area contributed by atoms with Gasteiger partial charge < -0.3 is 4.90 Å². The molecule has 54 heavy (non-hydrogen) atoms. The number of allylic oxidation sites excluding steroid dienone is 4. The van der Waals surface area contributed by atoms with Gasteiger partial charge in [0.2, 0.25) is 0 Å². The van der Waals surface area contributed by atoms with Crippen molar-refractivity contribution in [3.05, 3.63) is 210 Å². The molecule has 0 fully saturated rings. The van der Waals surface area contributed by atoms with Gasteiger partial charge in [0.15, 0.2) is 0 Å². The SMILES string of the molecule is CC1(C)C2=C(C=CC(c3nc4ccccc4c4ccccc34)C2)c2ccc(N(c3ccc(-c4ccccc4)cc3)c3ccccc3-c3ccccc3)cc21. The third-order valence-electron chi connectivity index (χ3n) is 11.7. The average molecular weight is 693 g/mol. The summed E-state index contributed by atoms with van der Waals surface area (Å²) in [6.45, 7) is 4.83. The Bertz CT molecular complexity index is 2760. The molecule has 1 unspecified atom stereocenters. The number of para-hydroxylation sites is 2. The summed E-state index contributed by atoms with van der Waals surface area (Å²) in [7, 11) is 0. The van der Waals surface area contributed by atoms with E-state index in [4.69, 9.17) is 4.98 Å². The summed E-state index contributed by atoms with van der Waals surface area (Å²) in [4.78, 5) is 7.76. The second kappa shape index (κ2) is 12.9. The Hall–Kier alpha value is -6.51. The highest BCUT2D eigenvalue weighted by molar-refractivity contribution is 6.07. The molecule has 8 aromatic rings. The first-order valence-corrected chi connectivity index (χ1v) is 19.0. The van der Waals surface area contributed by atoms with Gasteiger partial charge in [-0.15, -0.1) is 0 Å². The van der Waals surface area contributed by atoms with Gasteiger partial charge in [-0.1, -0.05) is 171 Å². The lowest BCUT2D eigenvalue weighted by molar-refractivity contribution is 0.589. The summed E-state index contributed by atoms with van der Waals surface area (Å²) in [6, 6.07) is 63.6. The van der Waals surface area contributed by atoms with Crippen molar-refractivity contribution < 1.29 is 0 Å². The molecular weight excluding hydrogens is 653 g/mol. The molecule has 2 heteroatoms. The van der Waals surface area contributed by atoms with Crippen LogP contribution in [0.5, 0.6) is 0 Å². The van der Waals surface area contributed by atoms with Crippen LogP contribution in [0.3, 0.4) is 0 Å². The second-order valence-corrected chi connectivity index (χ2v) is 15.1. The Morgan fingerprint density at radius 1 is 0.537 bits per heavy atom. The molecule has 0 radical (unpaired) electrons. The smallest absolute Gasteiger partial charge is 0.0712 e. The first-order valence-electron chi connectivity index (χ1n) is 19.0. The molecule has 0 N–H and O–H groups in total. The maximum Gasteiger partial charge on any atom is 0.0712 e. The van der Waals surface area contributed by atoms with Crippen LogP contribution in [0, 0.1) is 0 Å². The summed E-state index contributed by atoms with van der Waals surface area (Å²) in [5, 5.41) is 3.74. The molecule has 2 aliphatic rings. The van der Waals surface area contributed by atoms with Crippen LogP contribution in [0.15, 0.2) is 194 Å². The number of pyridine rings is 1. The number of nitrogens with zero attached hydrogens (tertiary/aromatic N) is 2. The lowest BCUT2D eigenvalue weighted by Crippen LogP contribution is -2.20. The van der Waals surface area contributed by atoms with Gasteiger partial charge in [0, 0.05) is 39.0 Å². The zero-order chi connectivity index (χ0) is 36.2. The van der Waals surface area contributed by atoms with Crippen LogP contribution >= 0.6 is 0 Å². The highest BCUT2D eigenvalue weighted by Gasteiger charge is 2.40. The minimum absolute atomic E-state index is 0.155. The average Bonchev–Trinajstić information content (AvgIpc) is 3.46. The molecule has 0 saturated heterocycles. The summed E-state index contributed by atoms with van der Waals surface area (Å²) >= 11 is 0. The fourth-order valence-electron chi connectivity index (χ4n) is 8.93. The van der Waals surface area contributed by atoms with E-state index in [0.717, 1.165) is 29.0 Å². The lowest BCUT2D eigenvalue weighted by atomic mass is 9.75. The molecule has 2 nitrogen and oxygen atoms in total. The highest BCUT2D eigenvalue weighted by atomic mass is 15.1. The van der Waals surface area contributed by atoms with Gasteiger partial charge in [0.05, 0.1) is 16.9 Å². The van der Waals surface area contributed by atoms with E-state index in [1.807, 2.05) is 0 Å².